The summed E-state index contributed by atoms with van der Waals surface area (Å²) in [5.41, 5.74) is 5.85. The monoisotopic (exact) mass is 186 g/mol. The number of ether oxygens (including phenoxy) is 1. The van der Waals surface area contributed by atoms with Crippen LogP contribution in [0.2, 0.25) is 0 Å². The molecule has 0 radical (unpaired) electrons. The summed E-state index contributed by atoms with van der Waals surface area (Å²) in [5.74, 6) is 0. The molecule has 0 amide bonds. The zero-order valence-corrected chi connectivity index (χ0v) is 8.83. The molecule has 3 nitrogen and oxygen atoms in total. The highest BCUT2D eigenvalue weighted by Gasteiger charge is 2.21. The Kier molecular flexibility index (Phi) is 4.70. The van der Waals surface area contributed by atoms with Gasteiger partial charge in [0.1, 0.15) is 0 Å². The fourth-order valence-electron chi connectivity index (χ4n) is 1.96. The van der Waals surface area contributed by atoms with E-state index in [-0.39, 0.29) is 0 Å². The van der Waals surface area contributed by atoms with E-state index >= 15 is 0 Å². The van der Waals surface area contributed by atoms with E-state index in [1.807, 2.05) is 0 Å². The van der Waals surface area contributed by atoms with Gasteiger partial charge in [-0.3, -0.25) is 0 Å². The third kappa shape index (κ3) is 3.63. The molecule has 0 spiro atoms. The van der Waals surface area contributed by atoms with Crippen molar-refractivity contribution >= 4 is 0 Å². The molecule has 1 aliphatic rings. The Morgan fingerprint density at radius 2 is 1.92 bits per heavy atom. The van der Waals surface area contributed by atoms with E-state index < -0.39 is 0 Å². The van der Waals surface area contributed by atoms with Crippen molar-refractivity contribution in [3.05, 3.63) is 0 Å². The van der Waals surface area contributed by atoms with Crippen molar-refractivity contribution in [3.8, 4) is 0 Å². The quantitative estimate of drug-likeness (QED) is 0.707. The second kappa shape index (κ2) is 5.58. The average molecular weight is 186 g/mol. The number of hydrogen-bond acceptors (Lipinski definition) is 3. The summed E-state index contributed by atoms with van der Waals surface area (Å²) < 4.78 is 5.06. The second-order valence-electron chi connectivity index (χ2n) is 4.04. The van der Waals surface area contributed by atoms with Crippen LogP contribution in [-0.4, -0.2) is 44.3 Å². The van der Waals surface area contributed by atoms with Gasteiger partial charge in [0.15, 0.2) is 0 Å². The molecule has 0 atom stereocenters. The number of likely N-dealkylation sites (N-methyl/N-ethyl adjacent to an activating group) is 1. The van der Waals surface area contributed by atoms with Gasteiger partial charge in [0.2, 0.25) is 0 Å². The van der Waals surface area contributed by atoms with E-state index in [2.05, 4.69) is 11.9 Å². The molecule has 2 N–H and O–H groups in total. The molecule has 0 aromatic rings. The molecule has 0 aromatic heterocycles. The Bertz CT molecular complexity index is 133. The minimum absolute atomic E-state index is 0.451. The molecular weight excluding hydrogens is 164 g/mol. The predicted molar refractivity (Wildman–Crippen MR) is 54.7 cm³/mol. The molecule has 13 heavy (non-hydrogen) atoms. The van der Waals surface area contributed by atoms with Crippen molar-refractivity contribution in [1.29, 1.82) is 0 Å². The van der Waals surface area contributed by atoms with Gasteiger partial charge < -0.3 is 15.4 Å². The fraction of sp³-hybridized carbons (Fsp3) is 1.00. The van der Waals surface area contributed by atoms with Crippen LogP contribution in [0.4, 0.5) is 0 Å². The lowest BCUT2D eigenvalue weighted by Gasteiger charge is -2.33. The van der Waals surface area contributed by atoms with Gasteiger partial charge in [-0.1, -0.05) is 0 Å². The Morgan fingerprint density at radius 3 is 2.46 bits per heavy atom. The van der Waals surface area contributed by atoms with Crippen molar-refractivity contribution < 1.29 is 4.74 Å². The summed E-state index contributed by atoms with van der Waals surface area (Å²) in [6.07, 6.45) is 4.87. The van der Waals surface area contributed by atoms with Crippen LogP contribution in [0.3, 0.4) is 0 Å². The molecule has 3 heteroatoms. The summed E-state index contributed by atoms with van der Waals surface area (Å²) in [6, 6.07) is 1.18. The number of hydrogen-bond donors (Lipinski definition) is 1. The number of nitrogens with two attached hydrogens (primary N) is 1. The maximum absolute atomic E-state index is 5.85. The van der Waals surface area contributed by atoms with Crippen LogP contribution in [0.25, 0.3) is 0 Å². The molecule has 1 rings (SSSR count). The van der Waals surface area contributed by atoms with E-state index in [4.69, 9.17) is 10.5 Å². The van der Waals surface area contributed by atoms with Gasteiger partial charge in [0, 0.05) is 25.7 Å². The molecule has 0 saturated heterocycles. The molecule has 0 heterocycles. The molecule has 1 aliphatic carbocycles. The third-order valence-corrected chi connectivity index (χ3v) is 3.01. The van der Waals surface area contributed by atoms with Crippen LogP contribution in [-0.2, 0) is 4.74 Å². The normalized spacial score (nSPS) is 29.5. The highest BCUT2D eigenvalue weighted by Crippen LogP contribution is 2.20. The van der Waals surface area contributed by atoms with Gasteiger partial charge in [-0.15, -0.1) is 0 Å². The molecule has 1 saturated carbocycles. The first-order chi connectivity index (χ1) is 6.24. The lowest BCUT2D eigenvalue weighted by Crippen LogP contribution is -2.40. The van der Waals surface area contributed by atoms with E-state index in [0.29, 0.717) is 6.04 Å². The molecular formula is C10H22N2O. The second-order valence-corrected chi connectivity index (χ2v) is 4.04. The van der Waals surface area contributed by atoms with Crippen molar-refractivity contribution in [2.75, 3.05) is 27.3 Å². The number of methoxy groups -OCH3 is 1. The van der Waals surface area contributed by atoms with Gasteiger partial charge in [-0.2, -0.15) is 0 Å². The molecule has 0 aliphatic heterocycles. The predicted octanol–water partition coefficient (Wildman–Crippen LogP) is 0.834. The first-order valence-electron chi connectivity index (χ1n) is 5.18. The van der Waals surface area contributed by atoms with Gasteiger partial charge in [-0.05, 0) is 32.7 Å². The van der Waals surface area contributed by atoms with Gasteiger partial charge in [0.05, 0.1) is 6.61 Å². The van der Waals surface area contributed by atoms with Crippen LogP contribution in [0, 0.1) is 0 Å². The zero-order valence-electron chi connectivity index (χ0n) is 8.83. The van der Waals surface area contributed by atoms with Gasteiger partial charge in [0.25, 0.3) is 0 Å². The van der Waals surface area contributed by atoms with Crippen molar-refractivity contribution in [2.24, 2.45) is 5.73 Å². The summed E-state index contributed by atoms with van der Waals surface area (Å²) in [6.45, 7) is 1.87. The van der Waals surface area contributed by atoms with E-state index in [9.17, 15) is 0 Å². The Labute approximate surface area is 81.2 Å². The minimum atomic E-state index is 0.451. The smallest absolute Gasteiger partial charge is 0.0589 e. The maximum atomic E-state index is 5.85. The first kappa shape index (κ1) is 11.0. The van der Waals surface area contributed by atoms with Gasteiger partial charge in [-0.25, -0.2) is 0 Å². The van der Waals surface area contributed by atoms with E-state index in [1.165, 1.54) is 25.7 Å². The number of rotatable bonds is 4. The Morgan fingerprint density at radius 1 is 1.31 bits per heavy atom. The van der Waals surface area contributed by atoms with E-state index in [0.717, 1.165) is 19.2 Å². The van der Waals surface area contributed by atoms with Crippen LogP contribution < -0.4 is 5.73 Å². The van der Waals surface area contributed by atoms with Crippen LogP contribution in [0.15, 0.2) is 0 Å². The molecule has 0 aromatic carbocycles. The van der Waals surface area contributed by atoms with Crippen LogP contribution in [0.5, 0.6) is 0 Å². The minimum Gasteiger partial charge on any atom is -0.383 e. The molecule has 78 valence electrons. The third-order valence-electron chi connectivity index (χ3n) is 3.01. The average Bonchev–Trinajstić information content (AvgIpc) is 2.15. The molecule has 0 bridgehead atoms. The van der Waals surface area contributed by atoms with Crippen molar-refractivity contribution in [2.45, 2.75) is 37.8 Å². The molecule has 1 fully saturated rings. The van der Waals surface area contributed by atoms with Crippen molar-refractivity contribution in [3.63, 3.8) is 0 Å². The standard InChI is InChI=1S/C10H22N2O/c1-12(7-8-13-2)10-5-3-9(11)4-6-10/h9-10H,3-8,11H2,1-2H3/t9-,10+. The highest BCUT2D eigenvalue weighted by atomic mass is 16.5. The SMILES string of the molecule is COCCN(C)[C@H]1CC[C@@H](N)CC1. The number of nitrogens with zero attached hydrogens (tertiary/aromatic N) is 1. The summed E-state index contributed by atoms with van der Waals surface area (Å²) in [4.78, 5) is 2.40. The summed E-state index contributed by atoms with van der Waals surface area (Å²) >= 11 is 0. The Balaban J connectivity index is 2.19. The first-order valence-corrected chi connectivity index (χ1v) is 5.18. The van der Waals surface area contributed by atoms with Gasteiger partial charge >= 0.3 is 0 Å². The summed E-state index contributed by atoms with van der Waals surface area (Å²) in [5, 5.41) is 0. The zero-order chi connectivity index (χ0) is 9.68. The lowest BCUT2D eigenvalue weighted by molar-refractivity contribution is 0.120. The van der Waals surface area contributed by atoms with E-state index in [1.54, 1.807) is 7.11 Å². The van der Waals surface area contributed by atoms with Crippen LogP contribution >= 0.6 is 0 Å². The van der Waals surface area contributed by atoms with Crippen LogP contribution in [0.1, 0.15) is 25.7 Å². The Hall–Kier alpha value is -0.120. The summed E-state index contributed by atoms with van der Waals surface area (Å²) in [7, 11) is 3.94. The topological polar surface area (TPSA) is 38.5 Å². The fourth-order valence-corrected chi connectivity index (χ4v) is 1.96. The molecule has 0 unspecified atom stereocenters. The largest absolute Gasteiger partial charge is 0.383 e. The maximum Gasteiger partial charge on any atom is 0.0589 e. The van der Waals surface area contributed by atoms with Crippen molar-refractivity contribution in [1.82, 2.24) is 4.90 Å². The highest BCUT2D eigenvalue weighted by molar-refractivity contribution is 4.79. The lowest BCUT2D eigenvalue weighted by atomic mass is 9.91.